The third-order valence-corrected chi connectivity index (χ3v) is 3.10. The molecule has 1 aromatic carbocycles. The van der Waals surface area contributed by atoms with Gasteiger partial charge in [-0.15, -0.1) is 0 Å². The first-order valence-electron chi connectivity index (χ1n) is 5.35. The van der Waals surface area contributed by atoms with Crippen LogP contribution in [0.15, 0.2) is 24.3 Å². The molecule has 3 rings (SSSR count). The molecule has 3 N–H and O–H groups in total. The van der Waals surface area contributed by atoms with Gasteiger partial charge in [-0.25, -0.2) is 0 Å². The second-order valence-corrected chi connectivity index (χ2v) is 4.28. The van der Waals surface area contributed by atoms with E-state index in [1.54, 1.807) is 0 Å². The number of nitrogens with one attached hydrogen (secondary N) is 1. The van der Waals surface area contributed by atoms with Crippen LogP contribution in [0.4, 0.5) is 5.69 Å². The Bertz CT molecular complexity index is 585. The molecule has 82 valence electrons. The van der Waals surface area contributed by atoms with E-state index < -0.39 is 0 Å². The van der Waals surface area contributed by atoms with Gasteiger partial charge in [-0.1, -0.05) is 6.07 Å². The summed E-state index contributed by atoms with van der Waals surface area (Å²) in [7, 11) is 0. The summed E-state index contributed by atoms with van der Waals surface area (Å²) in [6.45, 7) is 2.76. The number of hydrogen-bond donors (Lipinski definition) is 2. The van der Waals surface area contributed by atoms with Gasteiger partial charge in [0, 0.05) is 23.7 Å². The van der Waals surface area contributed by atoms with E-state index >= 15 is 0 Å². The highest BCUT2D eigenvalue weighted by Gasteiger charge is 2.23. The molecule has 0 spiro atoms. The zero-order valence-electron chi connectivity index (χ0n) is 9.03. The zero-order chi connectivity index (χ0) is 11.3. The van der Waals surface area contributed by atoms with Crippen LogP contribution in [0.2, 0.25) is 0 Å². The third-order valence-electron chi connectivity index (χ3n) is 3.10. The second kappa shape index (κ2) is 3.01. The number of amides is 1. The predicted molar refractivity (Wildman–Crippen MR) is 63.4 cm³/mol. The SMILES string of the molecule is CC1CNC(=O)c2cc3ccc(N)cc3n21. The van der Waals surface area contributed by atoms with E-state index in [4.69, 9.17) is 5.73 Å². The first-order valence-corrected chi connectivity index (χ1v) is 5.35. The van der Waals surface area contributed by atoms with Crippen LogP contribution in [0.25, 0.3) is 10.9 Å². The van der Waals surface area contributed by atoms with Crippen molar-refractivity contribution in [2.75, 3.05) is 12.3 Å². The van der Waals surface area contributed by atoms with Crippen LogP contribution < -0.4 is 11.1 Å². The average Bonchev–Trinajstić information content (AvgIpc) is 2.63. The van der Waals surface area contributed by atoms with Gasteiger partial charge < -0.3 is 15.6 Å². The Morgan fingerprint density at radius 3 is 3.06 bits per heavy atom. The molecule has 1 aromatic heterocycles. The van der Waals surface area contributed by atoms with Crippen molar-refractivity contribution in [1.29, 1.82) is 0 Å². The Hall–Kier alpha value is -1.97. The van der Waals surface area contributed by atoms with Crippen LogP contribution in [0, 0.1) is 0 Å². The lowest BCUT2D eigenvalue weighted by molar-refractivity contribution is 0.0919. The van der Waals surface area contributed by atoms with Gasteiger partial charge in [0.2, 0.25) is 0 Å². The lowest BCUT2D eigenvalue weighted by Crippen LogP contribution is -2.37. The molecule has 4 nitrogen and oxygen atoms in total. The quantitative estimate of drug-likeness (QED) is 0.655. The predicted octanol–water partition coefficient (Wildman–Crippen LogP) is 1.53. The van der Waals surface area contributed by atoms with E-state index in [0.717, 1.165) is 22.3 Å². The fourth-order valence-corrected chi connectivity index (χ4v) is 2.31. The van der Waals surface area contributed by atoms with E-state index in [9.17, 15) is 4.79 Å². The van der Waals surface area contributed by atoms with Crippen LogP contribution in [0.3, 0.4) is 0 Å². The molecule has 1 aliphatic rings. The highest BCUT2D eigenvalue weighted by molar-refractivity contribution is 6.00. The lowest BCUT2D eigenvalue weighted by Gasteiger charge is -2.24. The Balaban J connectivity index is 2.38. The van der Waals surface area contributed by atoms with E-state index in [-0.39, 0.29) is 11.9 Å². The highest BCUT2D eigenvalue weighted by atomic mass is 16.2. The van der Waals surface area contributed by atoms with Crippen molar-refractivity contribution in [2.24, 2.45) is 0 Å². The minimum atomic E-state index is -0.00660. The Morgan fingerprint density at radius 2 is 2.25 bits per heavy atom. The summed E-state index contributed by atoms with van der Waals surface area (Å²) >= 11 is 0. The standard InChI is InChI=1S/C12H13N3O/c1-7-6-14-12(16)11-4-8-2-3-9(13)5-10(8)15(7)11/h2-5,7H,6,13H2,1H3,(H,14,16). The number of aromatic nitrogens is 1. The number of anilines is 1. The number of rotatable bonds is 0. The van der Waals surface area contributed by atoms with Gasteiger partial charge in [0.05, 0.1) is 5.52 Å². The summed E-state index contributed by atoms with van der Waals surface area (Å²) in [5.74, 6) is -0.00660. The molecule has 0 radical (unpaired) electrons. The number of carbonyl (C=O) groups is 1. The smallest absolute Gasteiger partial charge is 0.268 e. The molecule has 0 bridgehead atoms. The fourth-order valence-electron chi connectivity index (χ4n) is 2.31. The molecule has 0 saturated heterocycles. The number of fused-ring (bicyclic) bond motifs is 3. The molecule has 1 aliphatic heterocycles. The van der Waals surface area contributed by atoms with Gasteiger partial charge >= 0.3 is 0 Å². The molecule has 1 unspecified atom stereocenters. The maximum Gasteiger partial charge on any atom is 0.268 e. The van der Waals surface area contributed by atoms with Crippen LogP contribution in [-0.2, 0) is 0 Å². The molecular formula is C12H13N3O. The molecule has 4 heteroatoms. The topological polar surface area (TPSA) is 60.1 Å². The summed E-state index contributed by atoms with van der Waals surface area (Å²) < 4.78 is 2.06. The van der Waals surface area contributed by atoms with Gasteiger partial charge in [-0.3, -0.25) is 4.79 Å². The average molecular weight is 215 g/mol. The molecule has 2 heterocycles. The van der Waals surface area contributed by atoms with Crippen LogP contribution in [0.5, 0.6) is 0 Å². The Kier molecular flexibility index (Phi) is 1.74. The summed E-state index contributed by atoms with van der Waals surface area (Å²) in [4.78, 5) is 11.7. The number of carbonyl (C=O) groups excluding carboxylic acids is 1. The summed E-state index contributed by atoms with van der Waals surface area (Å²) in [5, 5.41) is 3.94. The molecule has 0 fully saturated rings. The van der Waals surface area contributed by atoms with Crippen molar-refractivity contribution in [3.63, 3.8) is 0 Å². The number of nitrogen functional groups attached to an aromatic ring is 1. The summed E-state index contributed by atoms with van der Waals surface area (Å²) in [6, 6.07) is 7.92. The minimum absolute atomic E-state index is 0.00660. The Labute approximate surface area is 93.0 Å². The van der Waals surface area contributed by atoms with E-state index in [0.29, 0.717) is 6.54 Å². The van der Waals surface area contributed by atoms with Crippen molar-refractivity contribution >= 4 is 22.5 Å². The molecule has 0 aliphatic carbocycles. The van der Waals surface area contributed by atoms with Gasteiger partial charge in [0.25, 0.3) is 5.91 Å². The van der Waals surface area contributed by atoms with Crippen LogP contribution in [0.1, 0.15) is 23.5 Å². The third kappa shape index (κ3) is 1.13. The van der Waals surface area contributed by atoms with Gasteiger partial charge in [0.1, 0.15) is 5.69 Å². The molecule has 2 aromatic rings. The molecular weight excluding hydrogens is 202 g/mol. The maximum absolute atomic E-state index is 11.7. The largest absolute Gasteiger partial charge is 0.399 e. The van der Waals surface area contributed by atoms with Crippen molar-refractivity contribution in [2.45, 2.75) is 13.0 Å². The number of benzene rings is 1. The molecule has 1 atom stereocenters. The second-order valence-electron chi connectivity index (χ2n) is 4.28. The molecule has 1 amide bonds. The first kappa shape index (κ1) is 9.27. The maximum atomic E-state index is 11.7. The number of hydrogen-bond acceptors (Lipinski definition) is 2. The van der Waals surface area contributed by atoms with Gasteiger partial charge in [0.15, 0.2) is 0 Å². The number of nitrogens with two attached hydrogens (primary N) is 1. The molecule has 0 saturated carbocycles. The first-order chi connectivity index (χ1) is 7.66. The minimum Gasteiger partial charge on any atom is -0.399 e. The van der Waals surface area contributed by atoms with Gasteiger partial charge in [-0.05, 0) is 25.1 Å². The number of nitrogens with zero attached hydrogens (tertiary/aromatic N) is 1. The lowest BCUT2D eigenvalue weighted by atomic mass is 10.2. The normalized spacial score (nSPS) is 19.6. The Morgan fingerprint density at radius 1 is 1.44 bits per heavy atom. The van der Waals surface area contributed by atoms with E-state index in [1.807, 2.05) is 24.3 Å². The molecule has 16 heavy (non-hydrogen) atoms. The summed E-state index contributed by atoms with van der Waals surface area (Å²) in [6.07, 6.45) is 0. The van der Waals surface area contributed by atoms with E-state index in [1.165, 1.54) is 0 Å². The van der Waals surface area contributed by atoms with Crippen molar-refractivity contribution in [3.05, 3.63) is 30.0 Å². The fraction of sp³-hybridized carbons (Fsp3) is 0.250. The van der Waals surface area contributed by atoms with Crippen molar-refractivity contribution in [3.8, 4) is 0 Å². The highest BCUT2D eigenvalue weighted by Crippen LogP contribution is 2.27. The zero-order valence-corrected chi connectivity index (χ0v) is 9.03. The summed E-state index contributed by atoms with van der Waals surface area (Å²) in [5.41, 5.74) is 8.27. The van der Waals surface area contributed by atoms with E-state index in [2.05, 4.69) is 16.8 Å². The van der Waals surface area contributed by atoms with Crippen LogP contribution >= 0.6 is 0 Å². The van der Waals surface area contributed by atoms with Crippen molar-refractivity contribution < 1.29 is 4.79 Å². The van der Waals surface area contributed by atoms with Crippen LogP contribution in [-0.4, -0.2) is 17.0 Å². The van der Waals surface area contributed by atoms with Gasteiger partial charge in [-0.2, -0.15) is 0 Å². The van der Waals surface area contributed by atoms with Crippen molar-refractivity contribution in [1.82, 2.24) is 9.88 Å². The monoisotopic (exact) mass is 215 g/mol.